The van der Waals surface area contributed by atoms with Crippen molar-refractivity contribution in [2.75, 3.05) is 0 Å². The molecule has 0 aromatic rings. The molecule has 2 bridgehead atoms. The molecule has 1 aliphatic heterocycles. The molecule has 4 saturated carbocycles. The van der Waals surface area contributed by atoms with Crippen molar-refractivity contribution in [3.05, 3.63) is 0 Å². The number of hydrogen-bond acceptors (Lipinski definition) is 3. The first kappa shape index (κ1) is 18.6. The minimum absolute atomic E-state index is 0.0788. The summed E-state index contributed by atoms with van der Waals surface area (Å²) in [6, 6.07) is 1.31. The Labute approximate surface area is 157 Å². The predicted octanol–water partition coefficient (Wildman–Crippen LogP) is 4.34. The van der Waals surface area contributed by atoms with E-state index in [0.717, 1.165) is 20.2 Å². The fourth-order valence-electron chi connectivity index (χ4n) is 5.63. The second-order valence-electron chi connectivity index (χ2n) is 9.81. The average Bonchev–Trinajstić information content (AvgIpc) is 2.89. The van der Waals surface area contributed by atoms with Gasteiger partial charge in [-0.05, 0) is 55.4 Å². The van der Waals surface area contributed by atoms with Crippen molar-refractivity contribution in [3.63, 3.8) is 0 Å². The van der Waals surface area contributed by atoms with Crippen LogP contribution in [0.5, 0.6) is 0 Å². The van der Waals surface area contributed by atoms with Gasteiger partial charge in [0.05, 0.1) is 25.5 Å². The lowest BCUT2D eigenvalue weighted by atomic mass is 9.43. The molecular formula is C19H34BNO2Si2. The molecule has 0 aromatic carbocycles. The van der Waals surface area contributed by atoms with Crippen LogP contribution in [-0.2, 0) is 9.31 Å². The van der Waals surface area contributed by atoms with Crippen molar-refractivity contribution in [1.29, 1.82) is 0 Å². The molecule has 3 nitrogen and oxygen atoms in total. The third kappa shape index (κ3) is 3.09. The van der Waals surface area contributed by atoms with E-state index >= 15 is 0 Å². The van der Waals surface area contributed by atoms with Crippen molar-refractivity contribution >= 4 is 23.4 Å². The minimum atomic E-state index is -0.288. The molecule has 0 N–H and O–H groups in total. The Kier molecular flexibility index (Phi) is 4.96. The van der Waals surface area contributed by atoms with E-state index in [0.29, 0.717) is 17.4 Å². The van der Waals surface area contributed by atoms with Gasteiger partial charge in [-0.3, -0.25) is 4.63 Å². The van der Waals surface area contributed by atoms with Gasteiger partial charge in [0.15, 0.2) is 0 Å². The Hall–Kier alpha value is 0.219. The van der Waals surface area contributed by atoms with E-state index in [1.165, 1.54) is 44.6 Å². The minimum Gasteiger partial charge on any atom is -0.404 e. The first-order chi connectivity index (χ1) is 11.8. The summed E-state index contributed by atoms with van der Waals surface area (Å²) < 4.78 is 18.5. The molecule has 0 amide bonds. The highest BCUT2D eigenvalue weighted by Gasteiger charge is 2.68. The van der Waals surface area contributed by atoms with Crippen LogP contribution in [0.4, 0.5) is 0 Å². The molecule has 25 heavy (non-hydrogen) atoms. The van der Waals surface area contributed by atoms with Crippen LogP contribution in [0.3, 0.4) is 0 Å². The van der Waals surface area contributed by atoms with Crippen LogP contribution < -0.4 is 0 Å². The van der Waals surface area contributed by atoms with Gasteiger partial charge in [-0.25, -0.2) is 0 Å². The molecule has 5 atom stereocenters. The van der Waals surface area contributed by atoms with E-state index in [2.05, 4.69) is 34.2 Å². The Bertz CT molecular complexity index is 602. The summed E-state index contributed by atoms with van der Waals surface area (Å²) in [5.41, 5.74) is 0.345. The van der Waals surface area contributed by atoms with Crippen LogP contribution in [0.1, 0.15) is 66.2 Å². The maximum Gasteiger partial charge on any atom is 0.483 e. The Balaban J connectivity index is 1.53. The van der Waals surface area contributed by atoms with Gasteiger partial charge in [-0.1, -0.05) is 46.6 Å². The van der Waals surface area contributed by atoms with Gasteiger partial charge in [0.1, 0.15) is 0 Å². The highest BCUT2D eigenvalue weighted by atomic mass is 28.9. The summed E-state index contributed by atoms with van der Waals surface area (Å²) in [5.74, 6) is 2.62. The lowest BCUT2D eigenvalue weighted by Gasteiger charge is -2.64. The molecule has 6 heteroatoms. The maximum atomic E-state index is 6.74. The fourth-order valence-corrected chi connectivity index (χ4v) is 8.03. The van der Waals surface area contributed by atoms with E-state index in [4.69, 9.17) is 13.9 Å². The highest BCUT2D eigenvalue weighted by Crippen LogP contribution is 2.65. The van der Waals surface area contributed by atoms with Crippen LogP contribution in [0.15, 0.2) is 4.63 Å². The largest absolute Gasteiger partial charge is 0.483 e. The third-order valence-corrected chi connectivity index (χ3v) is 12.5. The summed E-state index contributed by atoms with van der Waals surface area (Å²) in [4.78, 5) is 0. The predicted molar refractivity (Wildman–Crippen MR) is 106 cm³/mol. The van der Waals surface area contributed by atoms with E-state index in [1.54, 1.807) is 0 Å². The molecule has 5 rings (SSSR count). The third-order valence-electron chi connectivity index (χ3n) is 8.03. The smallest absolute Gasteiger partial charge is 0.404 e. The molecule has 5 aliphatic rings. The molecule has 138 valence electrons. The number of rotatable bonds is 5. The summed E-state index contributed by atoms with van der Waals surface area (Å²) in [7, 11) is 0.422. The molecular weight excluding hydrogens is 341 g/mol. The Morgan fingerprint density at radius 1 is 1.28 bits per heavy atom. The van der Waals surface area contributed by atoms with Gasteiger partial charge in [0.2, 0.25) is 0 Å². The van der Waals surface area contributed by atoms with Crippen LogP contribution in [0.2, 0.25) is 12.6 Å². The van der Waals surface area contributed by atoms with Gasteiger partial charge >= 0.3 is 7.12 Å². The van der Waals surface area contributed by atoms with Crippen molar-refractivity contribution < 1.29 is 9.31 Å². The topological polar surface area (TPSA) is 30.8 Å². The Morgan fingerprint density at radius 2 is 2.04 bits per heavy atom. The van der Waals surface area contributed by atoms with E-state index in [-0.39, 0.29) is 26.6 Å². The van der Waals surface area contributed by atoms with Gasteiger partial charge in [0.25, 0.3) is 0 Å². The molecule has 0 spiro atoms. The van der Waals surface area contributed by atoms with Gasteiger partial charge in [0, 0.05) is 8.41 Å². The molecule has 4 aliphatic carbocycles. The SMILES string of the molecule is CC[Si](C)=[Si]=N[C@@H](CC1CCC1)B1O[C@@H]2C[C@@H]3C[C@@H](C3(C)C)[C@]2(C)O1. The van der Waals surface area contributed by atoms with Crippen molar-refractivity contribution in [1.82, 2.24) is 0 Å². The normalized spacial score (nSPS) is 39.7. The number of nitrogens with zero attached hydrogens (tertiary/aromatic N) is 1. The second-order valence-corrected chi connectivity index (χ2v) is 15.8. The number of hydrogen-bond donors (Lipinski definition) is 0. The Morgan fingerprint density at radius 3 is 2.64 bits per heavy atom. The standard InChI is InChI=1S/C19H34BNO2Si2/c1-6-25(5)24-21-17(10-13-8-7-9-13)20-22-16-12-14-11-15(18(14,2)3)19(16,4)23-20/h13-17H,6-12H2,1-5H3/t14-,15-,16+,17-,19-/m0/s1. The molecule has 5 fully saturated rings. The molecule has 1 heterocycles. The van der Waals surface area contributed by atoms with Crippen molar-refractivity contribution in [3.8, 4) is 0 Å². The summed E-state index contributed by atoms with van der Waals surface area (Å²) in [6.45, 7) is 11.9. The van der Waals surface area contributed by atoms with Crippen LogP contribution in [0, 0.1) is 23.2 Å². The quantitative estimate of drug-likeness (QED) is 0.669. The zero-order chi connectivity index (χ0) is 17.8. The van der Waals surface area contributed by atoms with Gasteiger partial charge < -0.3 is 9.31 Å². The van der Waals surface area contributed by atoms with Crippen LogP contribution in [0.25, 0.3) is 0 Å². The summed E-state index contributed by atoms with van der Waals surface area (Å²) in [6.07, 6.45) is 8.19. The zero-order valence-corrected chi connectivity index (χ0v) is 18.7. The van der Waals surface area contributed by atoms with Gasteiger partial charge in [-0.2, -0.15) is 0 Å². The molecule has 1 saturated heterocycles. The monoisotopic (exact) mass is 375 g/mol. The van der Waals surface area contributed by atoms with Crippen LogP contribution >= 0.6 is 0 Å². The maximum absolute atomic E-state index is 6.74. The van der Waals surface area contributed by atoms with Crippen molar-refractivity contribution in [2.45, 2.75) is 96.5 Å². The molecule has 0 radical (unpaired) electrons. The zero-order valence-electron chi connectivity index (χ0n) is 16.7. The summed E-state index contributed by atoms with van der Waals surface area (Å²) in [5, 5.41) is 0. The lowest BCUT2D eigenvalue weighted by molar-refractivity contribution is -0.199. The first-order valence-electron chi connectivity index (χ1n) is 10.5. The lowest BCUT2D eigenvalue weighted by Crippen LogP contribution is -2.65. The highest BCUT2D eigenvalue weighted by molar-refractivity contribution is 6.80. The fraction of sp³-hybridized carbons (Fsp3) is 1.00. The molecule has 0 unspecified atom stereocenters. The first-order valence-corrected chi connectivity index (χ1v) is 14.6. The van der Waals surface area contributed by atoms with Crippen molar-refractivity contribution in [2.24, 2.45) is 27.8 Å². The summed E-state index contributed by atoms with van der Waals surface area (Å²) >= 11 is 0. The molecule has 0 aromatic heterocycles. The van der Waals surface area contributed by atoms with E-state index < -0.39 is 0 Å². The second kappa shape index (κ2) is 6.68. The van der Waals surface area contributed by atoms with Crippen LogP contribution in [-0.4, -0.2) is 41.1 Å². The van der Waals surface area contributed by atoms with E-state index in [9.17, 15) is 0 Å². The van der Waals surface area contributed by atoms with Gasteiger partial charge in [-0.15, -0.1) is 0 Å². The van der Waals surface area contributed by atoms with E-state index in [1.807, 2.05) is 0 Å². The average molecular weight is 375 g/mol.